The van der Waals surface area contributed by atoms with Gasteiger partial charge in [0.15, 0.2) is 0 Å². The van der Waals surface area contributed by atoms with Crippen LogP contribution >= 0.6 is 0 Å². The van der Waals surface area contributed by atoms with E-state index in [1.165, 1.54) is 25.7 Å². The van der Waals surface area contributed by atoms with E-state index in [4.69, 9.17) is 10.5 Å². The molecule has 0 saturated heterocycles. The molecule has 0 aromatic rings. The summed E-state index contributed by atoms with van der Waals surface area (Å²) in [6, 6.07) is -0.360. The average molecular weight is 242 g/mol. The van der Waals surface area contributed by atoms with Gasteiger partial charge in [-0.05, 0) is 19.3 Å². The minimum Gasteiger partial charge on any atom is -0.376 e. The Balaban J connectivity index is 1.98. The number of ether oxygens (including phenoxy) is 1. The summed E-state index contributed by atoms with van der Waals surface area (Å²) in [6.45, 7) is 3.28. The number of hydrogen-bond donors (Lipinski definition) is 2. The maximum atomic E-state index is 11.6. The maximum Gasteiger partial charge on any atom is 0.236 e. The lowest BCUT2D eigenvalue weighted by Crippen LogP contribution is -2.41. The fraction of sp³-hybridized carbons (Fsp3) is 0.923. The molecule has 0 bridgehead atoms. The first-order valence-corrected chi connectivity index (χ1v) is 6.89. The Kier molecular flexibility index (Phi) is 7.21. The number of carbonyl (C=O) groups excluding carboxylic acids is 1. The number of carbonyl (C=O) groups is 1. The van der Waals surface area contributed by atoms with E-state index in [9.17, 15) is 4.79 Å². The highest BCUT2D eigenvalue weighted by molar-refractivity contribution is 5.81. The fourth-order valence-electron chi connectivity index (χ4n) is 2.14. The third kappa shape index (κ3) is 6.03. The van der Waals surface area contributed by atoms with Gasteiger partial charge in [-0.15, -0.1) is 0 Å². The van der Waals surface area contributed by atoms with Crippen LogP contribution in [0.25, 0.3) is 0 Å². The Hall–Kier alpha value is -0.610. The monoisotopic (exact) mass is 242 g/mol. The van der Waals surface area contributed by atoms with E-state index in [0.29, 0.717) is 19.3 Å². The highest BCUT2D eigenvalue weighted by Crippen LogP contribution is 2.20. The molecular weight excluding hydrogens is 216 g/mol. The fourth-order valence-corrected chi connectivity index (χ4v) is 2.14. The van der Waals surface area contributed by atoms with Gasteiger partial charge in [0, 0.05) is 6.54 Å². The summed E-state index contributed by atoms with van der Waals surface area (Å²) in [5, 5.41) is 2.83. The van der Waals surface area contributed by atoms with Crippen molar-refractivity contribution >= 4 is 5.91 Å². The van der Waals surface area contributed by atoms with Gasteiger partial charge in [-0.2, -0.15) is 0 Å². The number of nitrogens with one attached hydrogen (secondary N) is 1. The normalized spacial score (nSPS) is 18.2. The molecule has 0 radical (unpaired) electrons. The summed E-state index contributed by atoms with van der Waals surface area (Å²) >= 11 is 0. The van der Waals surface area contributed by atoms with Gasteiger partial charge in [-0.1, -0.05) is 32.6 Å². The van der Waals surface area contributed by atoms with E-state index < -0.39 is 0 Å². The number of amides is 1. The first kappa shape index (κ1) is 14.5. The molecule has 0 aliphatic heterocycles. The summed E-state index contributed by atoms with van der Waals surface area (Å²) < 4.78 is 5.66. The van der Waals surface area contributed by atoms with E-state index in [2.05, 4.69) is 12.2 Å². The smallest absolute Gasteiger partial charge is 0.236 e. The second kappa shape index (κ2) is 8.48. The molecule has 1 aliphatic carbocycles. The van der Waals surface area contributed by atoms with Crippen molar-refractivity contribution in [1.29, 1.82) is 0 Å². The zero-order chi connectivity index (χ0) is 12.5. The molecule has 4 nitrogen and oxygen atoms in total. The second-order valence-corrected chi connectivity index (χ2v) is 4.82. The average Bonchev–Trinajstić information content (AvgIpc) is 2.84. The van der Waals surface area contributed by atoms with Crippen LogP contribution in [0.4, 0.5) is 0 Å². The zero-order valence-corrected chi connectivity index (χ0v) is 10.9. The Labute approximate surface area is 104 Å². The molecule has 0 heterocycles. The van der Waals surface area contributed by atoms with Crippen LogP contribution in [0.15, 0.2) is 0 Å². The number of rotatable bonds is 8. The summed E-state index contributed by atoms with van der Waals surface area (Å²) in [5.41, 5.74) is 5.75. The second-order valence-electron chi connectivity index (χ2n) is 4.82. The molecule has 17 heavy (non-hydrogen) atoms. The summed E-state index contributed by atoms with van der Waals surface area (Å²) in [4.78, 5) is 11.6. The van der Waals surface area contributed by atoms with Crippen molar-refractivity contribution in [1.82, 2.24) is 5.32 Å². The predicted octanol–water partition coefficient (Wildman–Crippen LogP) is 1.58. The third-order valence-corrected chi connectivity index (χ3v) is 3.26. The SMILES string of the molecule is CCCC[C@H](N)C(=O)NCCOC1CCCC1. The standard InChI is InChI=1S/C13H26N2O2/c1-2-3-8-12(14)13(16)15-9-10-17-11-6-4-5-7-11/h11-12H,2-10,14H2,1H3,(H,15,16)/t12-/m0/s1. The summed E-state index contributed by atoms with van der Waals surface area (Å²) in [7, 11) is 0. The van der Waals surface area contributed by atoms with E-state index in [0.717, 1.165) is 19.3 Å². The van der Waals surface area contributed by atoms with Gasteiger partial charge in [-0.3, -0.25) is 4.79 Å². The third-order valence-electron chi connectivity index (χ3n) is 3.26. The van der Waals surface area contributed by atoms with Crippen molar-refractivity contribution in [3.63, 3.8) is 0 Å². The maximum absolute atomic E-state index is 11.6. The van der Waals surface area contributed by atoms with Crippen molar-refractivity contribution in [2.45, 2.75) is 64.0 Å². The molecular formula is C13H26N2O2. The van der Waals surface area contributed by atoms with Gasteiger partial charge in [0.05, 0.1) is 18.8 Å². The van der Waals surface area contributed by atoms with Gasteiger partial charge in [0.25, 0.3) is 0 Å². The van der Waals surface area contributed by atoms with Crippen LogP contribution in [0, 0.1) is 0 Å². The minimum atomic E-state index is -0.360. The van der Waals surface area contributed by atoms with E-state index in [1.807, 2.05) is 0 Å². The van der Waals surface area contributed by atoms with Crippen LogP contribution < -0.4 is 11.1 Å². The quantitative estimate of drug-likeness (QED) is 0.635. The summed E-state index contributed by atoms with van der Waals surface area (Å²) in [5.74, 6) is -0.0477. The van der Waals surface area contributed by atoms with Gasteiger partial charge in [0.2, 0.25) is 5.91 Å². The highest BCUT2D eigenvalue weighted by Gasteiger charge is 2.15. The molecule has 1 atom stereocenters. The van der Waals surface area contributed by atoms with Gasteiger partial charge in [-0.25, -0.2) is 0 Å². The molecule has 1 fully saturated rings. The molecule has 1 aliphatic rings. The topological polar surface area (TPSA) is 64.4 Å². The Morgan fingerprint density at radius 3 is 2.82 bits per heavy atom. The number of nitrogens with two attached hydrogens (primary N) is 1. The molecule has 100 valence electrons. The lowest BCUT2D eigenvalue weighted by atomic mass is 10.1. The van der Waals surface area contributed by atoms with E-state index in [-0.39, 0.29) is 11.9 Å². The molecule has 0 aromatic carbocycles. The van der Waals surface area contributed by atoms with Crippen molar-refractivity contribution in [2.75, 3.05) is 13.2 Å². The first-order valence-electron chi connectivity index (χ1n) is 6.89. The van der Waals surface area contributed by atoms with Crippen molar-refractivity contribution in [2.24, 2.45) is 5.73 Å². The molecule has 0 spiro atoms. The lowest BCUT2D eigenvalue weighted by molar-refractivity contribution is -0.122. The van der Waals surface area contributed by atoms with E-state index in [1.54, 1.807) is 0 Å². The molecule has 0 aromatic heterocycles. The molecule has 1 amide bonds. The van der Waals surface area contributed by atoms with Crippen molar-refractivity contribution in [3.8, 4) is 0 Å². The molecule has 0 unspecified atom stereocenters. The van der Waals surface area contributed by atoms with Gasteiger partial charge in [0.1, 0.15) is 0 Å². The first-order chi connectivity index (χ1) is 8.24. The van der Waals surface area contributed by atoms with E-state index >= 15 is 0 Å². The Morgan fingerprint density at radius 1 is 1.47 bits per heavy atom. The predicted molar refractivity (Wildman–Crippen MR) is 68.7 cm³/mol. The molecule has 3 N–H and O–H groups in total. The van der Waals surface area contributed by atoms with Gasteiger partial charge >= 0.3 is 0 Å². The van der Waals surface area contributed by atoms with Crippen LogP contribution in [0.3, 0.4) is 0 Å². The van der Waals surface area contributed by atoms with Crippen LogP contribution in [0.5, 0.6) is 0 Å². The lowest BCUT2D eigenvalue weighted by Gasteiger charge is -2.14. The van der Waals surface area contributed by atoms with Crippen molar-refractivity contribution < 1.29 is 9.53 Å². The Morgan fingerprint density at radius 2 is 2.18 bits per heavy atom. The van der Waals surface area contributed by atoms with Gasteiger partial charge < -0.3 is 15.8 Å². The largest absolute Gasteiger partial charge is 0.376 e. The van der Waals surface area contributed by atoms with Crippen LogP contribution in [0.2, 0.25) is 0 Å². The molecule has 4 heteroatoms. The van der Waals surface area contributed by atoms with Crippen molar-refractivity contribution in [3.05, 3.63) is 0 Å². The van der Waals surface area contributed by atoms with Crippen LogP contribution in [-0.4, -0.2) is 31.2 Å². The zero-order valence-electron chi connectivity index (χ0n) is 10.9. The number of unbranched alkanes of at least 4 members (excludes halogenated alkanes) is 1. The highest BCUT2D eigenvalue weighted by atomic mass is 16.5. The summed E-state index contributed by atoms with van der Waals surface area (Å²) in [6.07, 6.45) is 8.16. The number of hydrogen-bond acceptors (Lipinski definition) is 3. The Bertz CT molecular complexity index is 215. The molecule has 1 saturated carbocycles. The van der Waals surface area contributed by atoms with Crippen LogP contribution in [-0.2, 0) is 9.53 Å². The molecule has 1 rings (SSSR count). The minimum absolute atomic E-state index is 0.0477. The van der Waals surface area contributed by atoms with Crippen LogP contribution in [0.1, 0.15) is 51.9 Å².